The molecule has 0 fully saturated rings. The van der Waals surface area contributed by atoms with E-state index >= 15 is 0 Å². The molecule has 0 saturated heterocycles. The van der Waals surface area contributed by atoms with Gasteiger partial charge in [-0.25, -0.2) is 0 Å². The summed E-state index contributed by atoms with van der Waals surface area (Å²) in [4.78, 5) is 23.0. The van der Waals surface area contributed by atoms with Gasteiger partial charge in [0.2, 0.25) is 0 Å². The Bertz CT molecular complexity index is 1030. The molecule has 0 amide bonds. The van der Waals surface area contributed by atoms with Crippen molar-refractivity contribution in [2.24, 2.45) is 0 Å². The number of hydrogen-bond acceptors (Lipinski definition) is 2. The standard InChI is InChI=1S/2C11H12N2O/c2*1-2-9-10(11(14)13-12-9)8-6-4-3-5-7-8/h2*3-7H,2H2,1H3,(H2,12,13,14). The van der Waals surface area contributed by atoms with Crippen molar-refractivity contribution >= 4 is 0 Å². The van der Waals surface area contributed by atoms with E-state index < -0.39 is 0 Å². The highest BCUT2D eigenvalue weighted by molar-refractivity contribution is 5.65. The first kappa shape index (κ1) is 19.2. The maximum Gasteiger partial charge on any atom is 0.272 e. The van der Waals surface area contributed by atoms with E-state index in [9.17, 15) is 9.59 Å². The molecule has 0 aliphatic rings. The van der Waals surface area contributed by atoms with Gasteiger partial charge in [0.15, 0.2) is 0 Å². The zero-order valence-corrected chi connectivity index (χ0v) is 16.0. The molecule has 28 heavy (non-hydrogen) atoms. The third kappa shape index (κ3) is 4.06. The van der Waals surface area contributed by atoms with Crippen LogP contribution < -0.4 is 11.1 Å². The normalized spacial score (nSPS) is 10.4. The van der Waals surface area contributed by atoms with Gasteiger partial charge >= 0.3 is 0 Å². The van der Waals surface area contributed by atoms with Crippen LogP contribution in [-0.4, -0.2) is 20.4 Å². The van der Waals surface area contributed by atoms with Gasteiger partial charge in [-0.1, -0.05) is 74.5 Å². The van der Waals surface area contributed by atoms with Gasteiger partial charge in [0.1, 0.15) is 0 Å². The van der Waals surface area contributed by atoms with Crippen LogP contribution in [0.15, 0.2) is 70.3 Å². The van der Waals surface area contributed by atoms with Crippen LogP contribution in [0, 0.1) is 0 Å². The lowest BCUT2D eigenvalue weighted by atomic mass is 10.1. The first-order valence-electron chi connectivity index (χ1n) is 9.35. The SMILES string of the molecule is CCc1[nH][nH]c(=O)c1-c1ccccc1.CCc1[nH][nH]c(=O)c1-c1ccccc1. The van der Waals surface area contributed by atoms with E-state index in [4.69, 9.17) is 0 Å². The molecule has 4 rings (SSSR count). The maximum absolute atomic E-state index is 11.5. The molecule has 2 heterocycles. The zero-order valence-electron chi connectivity index (χ0n) is 16.0. The molecule has 0 unspecified atom stereocenters. The number of aromatic amines is 4. The van der Waals surface area contributed by atoms with Crippen LogP contribution >= 0.6 is 0 Å². The van der Waals surface area contributed by atoms with E-state index in [1.807, 2.05) is 74.5 Å². The van der Waals surface area contributed by atoms with Gasteiger partial charge in [-0.15, -0.1) is 0 Å². The van der Waals surface area contributed by atoms with Crippen molar-refractivity contribution in [2.45, 2.75) is 26.7 Å². The van der Waals surface area contributed by atoms with Crippen molar-refractivity contribution in [2.75, 3.05) is 0 Å². The Kier molecular flexibility index (Phi) is 6.11. The molecule has 0 saturated carbocycles. The molecule has 0 spiro atoms. The highest BCUT2D eigenvalue weighted by Gasteiger charge is 2.10. The topological polar surface area (TPSA) is 97.3 Å². The summed E-state index contributed by atoms with van der Waals surface area (Å²) in [5.41, 5.74) is 5.27. The minimum absolute atomic E-state index is 0.0481. The lowest BCUT2D eigenvalue weighted by molar-refractivity contribution is 0.965. The molecule has 2 aromatic carbocycles. The Morgan fingerprint density at radius 1 is 0.571 bits per heavy atom. The van der Waals surface area contributed by atoms with Crippen molar-refractivity contribution in [1.29, 1.82) is 0 Å². The van der Waals surface area contributed by atoms with Crippen LogP contribution in [0.25, 0.3) is 22.3 Å². The Hall–Kier alpha value is -3.54. The molecule has 6 nitrogen and oxygen atoms in total. The summed E-state index contributed by atoms with van der Waals surface area (Å²) in [7, 11) is 0. The third-order valence-electron chi connectivity index (χ3n) is 4.54. The Labute approximate surface area is 162 Å². The molecule has 0 aliphatic carbocycles. The number of benzene rings is 2. The van der Waals surface area contributed by atoms with Gasteiger partial charge in [0, 0.05) is 11.4 Å². The first-order chi connectivity index (χ1) is 13.7. The minimum atomic E-state index is -0.0481. The Morgan fingerprint density at radius 3 is 1.25 bits per heavy atom. The molecule has 6 heteroatoms. The number of aromatic nitrogens is 4. The number of H-pyrrole nitrogens is 4. The van der Waals surface area contributed by atoms with E-state index in [-0.39, 0.29) is 11.1 Å². The van der Waals surface area contributed by atoms with Gasteiger partial charge in [0.25, 0.3) is 11.1 Å². The fraction of sp³-hybridized carbons (Fsp3) is 0.182. The summed E-state index contributed by atoms with van der Waals surface area (Å²) in [5.74, 6) is 0. The fourth-order valence-corrected chi connectivity index (χ4v) is 3.14. The van der Waals surface area contributed by atoms with E-state index in [1.54, 1.807) is 0 Å². The average molecular weight is 376 g/mol. The summed E-state index contributed by atoms with van der Waals surface area (Å²) < 4.78 is 0. The van der Waals surface area contributed by atoms with Gasteiger partial charge in [-0.2, -0.15) is 0 Å². The second kappa shape index (κ2) is 8.90. The van der Waals surface area contributed by atoms with Gasteiger partial charge < -0.3 is 10.2 Å². The van der Waals surface area contributed by atoms with Gasteiger partial charge in [0.05, 0.1) is 11.1 Å². The van der Waals surface area contributed by atoms with Crippen LogP contribution in [0.2, 0.25) is 0 Å². The molecule has 4 N–H and O–H groups in total. The molecule has 4 aromatic rings. The van der Waals surface area contributed by atoms with Crippen molar-refractivity contribution in [3.05, 3.63) is 92.8 Å². The monoisotopic (exact) mass is 376 g/mol. The second-order valence-corrected chi connectivity index (χ2v) is 6.30. The third-order valence-corrected chi connectivity index (χ3v) is 4.54. The van der Waals surface area contributed by atoms with E-state index in [0.29, 0.717) is 0 Å². The molecular formula is C22H24N4O2. The molecular weight excluding hydrogens is 352 g/mol. The molecule has 0 radical (unpaired) electrons. The molecule has 144 valence electrons. The minimum Gasteiger partial charge on any atom is -0.302 e. The van der Waals surface area contributed by atoms with E-state index in [1.165, 1.54) is 0 Å². The second-order valence-electron chi connectivity index (χ2n) is 6.30. The van der Waals surface area contributed by atoms with Crippen LogP contribution in [0.4, 0.5) is 0 Å². The van der Waals surface area contributed by atoms with Crippen molar-refractivity contribution in [3.8, 4) is 22.3 Å². The van der Waals surface area contributed by atoms with Gasteiger partial charge in [-0.3, -0.25) is 19.8 Å². The summed E-state index contributed by atoms with van der Waals surface area (Å²) in [6, 6.07) is 19.4. The predicted octanol–water partition coefficient (Wildman–Crippen LogP) is 3.86. The van der Waals surface area contributed by atoms with Crippen LogP contribution in [0.5, 0.6) is 0 Å². The van der Waals surface area contributed by atoms with Crippen LogP contribution in [-0.2, 0) is 12.8 Å². The fourth-order valence-electron chi connectivity index (χ4n) is 3.14. The van der Waals surface area contributed by atoms with Crippen LogP contribution in [0.1, 0.15) is 25.2 Å². The highest BCUT2D eigenvalue weighted by Crippen LogP contribution is 2.18. The number of hydrogen-bond donors (Lipinski definition) is 4. The smallest absolute Gasteiger partial charge is 0.272 e. The number of nitrogens with one attached hydrogen (secondary N) is 4. The van der Waals surface area contributed by atoms with Crippen molar-refractivity contribution < 1.29 is 0 Å². The number of aryl methyl sites for hydroxylation is 2. The average Bonchev–Trinajstić information content (AvgIpc) is 3.31. The Balaban J connectivity index is 0.000000161. The summed E-state index contributed by atoms with van der Waals surface area (Å²) in [6.45, 7) is 4.04. The summed E-state index contributed by atoms with van der Waals surface area (Å²) in [5, 5.41) is 11.0. The summed E-state index contributed by atoms with van der Waals surface area (Å²) in [6.07, 6.45) is 1.64. The Morgan fingerprint density at radius 2 is 0.929 bits per heavy atom. The molecule has 0 atom stereocenters. The molecule has 2 aromatic heterocycles. The lowest BCUT2D eigenvalue weighted by Gasteiger charge is -1.98. The van der Waals surface area contributed by atoms with Crippen LogP contribution in [0.3, 0.4) is 0 Å². The largest absolute Gasteiger partial charge is 0.302 e. The van der Waals surface area contributed by atoms with E-state index in [0.717, 1.165) is 46.5 Å². The highest BCUT2D eigenvalue weighted by atomic mass is 16.1. The predicted molar refractivity (Wildman–Crippen MR) is 112 cm³/mol. The molecule has 0 aliphatic heterocycles. The summed E-state index contributed by atoms with van der Waals surface area (Å²) >= 11 is 0. The quantitative estimate of drug-likeness (QED) is 0.435. The maximum atomic E-state index is 11.5. The van der Waals surface area contributed by atoms with E-state index in [2.05, 4.69) is 20.4 Å². The zero-order chi connectivity index (χ0) is 19.9. The molecule has 0 bridgehead atoms. The number of rotatable bonds is 4. The van der Waals surface area contributed by atoms with Gasteiger partial charge in [-0.05, 0) is 24.0 Å². The first-order valence-corrected chi connectivity index (χ1v) is 9.35. The van der Waals surface area contributed by atoms with Crippen molar-refractivity contribution in [3.63, 3.8) is 0 Å². The lowest BCUT2D eigenvalue weighted by Crippen LogP contribution is -2.01. The van der Waals surface area contributed by atoms with Crippen molar-refractivity contribution in [1.82, 2.24) is 20.4 Å².